The molecule has 0 unspecified atom stereocenters. The van der Waals surface area contributed by atoms with Crippen molar-refractivity contribution in [3.8, 4) is 0 Å². The second-order valence-corrected chi connectivity index (χ2v) is 9.23. The summed E-state index contributed by atoms with van der Waals surface area (Å²) in [5.41, 5.74) is 0.593. The number of hydrogen-bond donors (Lipinski definition) is 2. The molecule has 1 aromatic rings. The maximum atomic E-state index is 12.2. The van der Waals surface area contributed by atoms with Gasteiger partial charge in [0.25, 0.3) is 10.0 Å². The van der Waals surface area contributed by atoms with Gasteiger partial charge in [-0.1, -0.05) is 0 Å². The van der Waals surface area contributed by atoms with Gasteiger partial charge in [0.2, 0.25) is 0 Å². The van der Waals surface area contributed by atoms with E-state index in [9.17, 15) is 8.42 Å². The molecule has 0 spiro atoms. The van der Waals surface area contributed by atoms with Crippen LogP contribution in [0.4, 0.5) is 0 Å². The predicted molar refractivity (Wildman–Crippen MR) is 79.0 cm³/mol. The summed E-state index contributed by atoms with van der Waals surface area (Å²) >= 11 is 1.36. The van der Waals surface area contributed by atoms with Crippen molar-refractivity contribution in [1.82, 2.24) is 10.0 Å². The van der Waals surface area contributed by atoms with Crippen molar-refractivity contribution in [2.45, 2.75) is 62.9 Å². The van der Waals surface area contributed by atoms with E-state index in [2.05, 4.69) is 10.0 Å². The molecule has 0 aliphatic heterocycles. The third-order valence-electron chi connectivity index (χ3n) is 2.83. The number of hydrogen-bond acceptors (Lipinski definition) is 4. The van der Waals surface area contributed by atoms with E-state index in [4.69, 9.17) is 0 Å². The van der Waals surface area contributed by atoms with Crippen LogP contribution >= 0.6 is 11.3 Å². The molecule has 0 radical (unpaired) electrons. The van der Waals surface area contributed by atoms with Gasteiger partial charge in [0.05, 0.1) is 0 Å². The van der Waals surface area contributed by atoms with E-state index < -0.39 is 15.6 Å². The molecule has 19 heavy (non-hydrogen) atoms. The van der Waals surface area contributed by atoms with Crippen LogP contribution in [-0.4, -0.2) is 20.0 Å². The first kappa shape index (κ1) is 15.0. The Morgan fingerprint density at radius 1 is 1.37 bits per heavy atom. The molecule has 1 heterocycles. The Balaban J connectivity index is 2.13. The second kappa shape index (κ2) is 5.16. The first-order chi connectivity index (χ1) is 8.67. The fraction of sp³-hybridized carbons (Fsp3) is 0.692. The Morgan fingerprint density at radius 2 is 2.00 bits per heavy atom. The molecule has 1 saturated carbocycles. The minimum Gasteiger partial charge on any atom is -0.309 e. The molecule has 0 saturated heterocycles. The predicted octanol–water partition coefficient (Wildman–Crippen LogP) is 2.39. The summed E-state index contributed by atoms with van der Waals surface area (Å²) in [6, 6.07) is 2.40. The lowest BCUT2D eigenvalue weighted by atomic mass is 10.1. The van der Waals surface area contributed by atoms with Gasteiger partial charge in [-0.2, -0.15) is 0 Å². The highest BCUT2D eigenvalue weighted by Gasteiger charge is 2.25. The van der Waals surface area contributed by atoms with E-state index >= 15 is 0 Å². The van der Waals surface area contributed by atoms with Crippen molar-refractivity contribution in [2.75, 3.05) is 0 Å². The SMILES string of the molecule is Cc1cc(S(=O)(=O)NC(C)(C)C)sc1CNC1CC1. The summed E-state index contributed by atoms with van der Waals surface area (Å²) in [5.74, 6) is 0. The highest BCUT2D eigenvalue weighted by Crippen LogP contribution is 2.28. The molecule has 0 atom stereocenters. The van der Waals surface area contributed by atoms with Gasteiger partial charge in [0.15, 0.2) is 0 Å². The summed E-state index contributed by atoms with van der Waals surface area (Å²) in [7, 11) is -3.40. The molecule has 4 nitrogen and oxygen atoms in total. The molecule has 1 fully saturated rings. The molecule has 1 aliphatic carbocycles. The molecule has 2 N–H and O–H groups in total. The Labute approximate surface area is 119 Å². The Kier molecular flexibility index (Phi) is 4.07. The lowest BCUT2D eigenvalue weighted by Crippen LogP contribution is -2.40. The lowest BCUT2D eigenvalue weighted by molar-refractivity contribution is 0.492. The number of aryl methyl sites for hydroxylation is 1. The standard InChI is InChI=1S/C13H22N2O2S2/c1-9-7-12(19(16,17)15-13(2,3)4)18-11(9)8-14-10-5-6-10/h7,10,14-15H,5-6,8H2,1-4H3. The third-order valence-corrected chi connectivity index (χ3v) is 6.30. The highest BCUT2D eigenvalue weighted by molar-refractivity contribution is 7.91. The quantitative estimate of drug-likeness (QED) is 0.878. The van der Waals surface area contributed by atoms with E-state index in [1.807, 2.05) is 27.7 Å². The molecule has 108 valence electrons. The van der Waals surface area contributed by atoms with Crippen molar-refractivity contribution in [3.63, 3.8) is 0 Å². The van der Waals surface area contributed by atoms with Crippen LogP contribution in [0.5, 0.6) is 0 Å². The average molecular weight is 302 g/mol. The smallest absolute Gasteiger partial charge is 0.250 e. The number of sulfonamides is 1. The van der Waals surface area contributed by atoms with E-state index in [-0.39, 0.29) is 0 Å². The van der Waals surface area contributed by atoms with Crippen LogP contribution < -0.4 is 10.0 Å². The summed E-state index contributed by atoms with van der Waals surface area (Å²) < 4.78 is 27.6. The molecule has 1 aliphatic rings. The zero-order valence-electron chi connectivity index (χ0n) is 11.9. The van der Waals surface area contributed by atoms with Gasteiger partial charge in [0, 0.05) is 23.0 Å². The third kappa shape index (κ3) is 4.27. The van der Waals surface area contributed by atoms with Crippen LogP contribution in [0.1, 0.15) is 44.1 Å². The average Bonchev–Trinajstić information content (AvgIpc) is 2.96. The topological polar surface area (TPSA) is 58.2 Å². The van der Waals surface area contributed by atoms with Gasteiger partial charge in [0.1, 0.15) is 4.21 Å². The fourth-order valence-electron chi connectivity index (χ4n) is 1.77. The largest absolute Gasteiger partial charge is 0.309 e. The van der Waals surface area contributed by atoms with Crippen LogP contribution in [0.25, 0.3) is 0 Å². The van der Waals surface area contributed by atoms with E-state index in [1.54, 1.807) is 6.07 Å². The van der Waals surface area contributed by atoms with Crippen molar-refractivity contribution in [2.24, 2.45) is 0 Å². The second-order valence-electron chi connectivity index (χ2n) is 6.18. The molecule has 1 aromatic heterocycles. The first-order valence-corrected chi connectivity index (χ1v) is 8.84. The van der Waals surface area contributed by atoms with Gasteiger partial charge in [-0.3, -0.25) is 0 Å². The Morgan fingerprint density at radius 3 is 2.53 bits per heavy atom. The van der Waals surface area contributed by atoms with E-state index in [0.29, 0.717) is 10.3 Å². The van der Waals surface area contributed by atoms with Crippen molar-refractivity contribution >= 4 is 21.4 Å². The molecule has 0 bridgehead atoms. The zero-order chi connectivity index (χ0) is 14.3. The van der Waals surface area contributed by atoms with Crippen LogP contribution in [0.2, 0.25) is 0 Å². The Hall–Kier alpha value is -0.430. The van der Waals surface area contributed by atoms with Crippen LogP contribution in [-0.2, 0) is 16.6 Å². The number of thiophene rings is 1. The first-order valence-electron chi connectivity index (χ1n) is 6.54. The minimum atomic E-state index is -3.40. The minimum absolute atomic E-state index is 0.410. The monoisotopic (exact) mass is 302 g/mol. The van der Waals surface area contributed by atoms with Gasteiger partial charge in [-0.05, 0) is 52.2 Å². The van der Waals surface area contributed by atoms with Crippen molar-refractivity contribution < 1.29 is 8.42 Å². The molecule has 0 aromatic carbocycles. The molecule has 2 rings (SSSR count). The number of rotatable bonds is 5. The van der Waals surface area contributed by atoms with Gasteiger partial charge in [-0.25, -0.2) is 13.1 Å². The highest BCUT2D eigenvalue weighted by atomic mass is 32.2. The fourth-order valence-corrected chi connectivity index (χ4v) is 4.73. The van der Waals surface area contributed by atoms with Gasteiger partial charge >= 0.3 is 0 Å². The van der Waals surface area contributed by atoms with Crippen LogP contribution in [0.15, 0.2) is 10.3 Å². The van der Waals surface area contributed by atoms with Crippen LogP contribution in [0, 0.1) is 6.92 Å². The van der Waals surface area contributed by atoms with Crippen molar-refractivity contribution in [3.05, 3.63) is 16.5 Å². The maximum Gasteiger partial charge on any atom is 0.250 e. The molecule has 6 heteroatoms. The summed E-state index contributed by atoms with van der Waals surface area (Å²) in [4.78, 5) is 1.11. The normalized spacial score (nSPS) is 16.8. The van der Waals surface area contributed by atoms with E-state index in [1.165, 1.54) is 24.2 Å². The summed E-state index contributed by atoms with van der Waals surface area (Å²) in [6.07, 6.45) is 2.47. The Bertz CT molecular complexity index is 552. The molecular weight excluding hydrogens is 280 g/mol. The number of nitrogens with one attached hydrogen (secondary N) is 2. The molecule has 0 amide bonds. The van der Waals surface area contributed by atoms with E-state index in [0.717, 1.165) is 17.0 Å². The maximum absolute atomic E-state index is 12.2. The lowest BCUT2D eigenvalue weighted by Gasteiger charge is -2.19. The van der Waals surface area contributed by atoms with Crippen molar-refractivity contribution in [1.29, 1.82) is 0 Å². The van der Waals surface area contributed by atoms with Gasteiger partial charge < -0.3 is 5.32 Å². The van der Waals surface area contributed by atoms with Gasteiger partial charge in [-0.15, -0.1) is 11.3 Å². The van der Waals surface area contributed by atoms with Crippen LogP contribution in [0.3, 0.4) is 0 Å². The molecular formula is C13H22N2O2S2. The zero-order valence-corrected chi connectivity index (χ0v) is 13.5. The summed E-state index contributed by atoms with van der Waals surface area (Å²) in [5, 5.41) is 3.42. The summed E-state index contributed by atoms with van der Waals surface area (Å²) in [6.45, 7) is 8.28.